The average Bonchev–Trinajstić information content (AvgIpc) is 2.44. The molecule has 1 atom stereocenters. The Balaban J connectivity index is 1.81. The molecule has 0 saturated heterocycles. The lowest BCUT2D eigenvalue weighted by Gasteiger charge is -2.28. The number of rotatable bonds is 4. The molecule has 0 bridgehead atoms. The molecule has 1 amide bonds. The molecule has 1 aliphatic carbocycles. The summed E-state index contributed by atoms with van der Waals surface area (Å²) in [7, 11) is 0. The summed E-state index contributed by atoms with van der Waals surface area (Å²) in [5.74, 6) is 1.53. The topological polar surface area (TPSA) is 38.3 Å². The van der Waals surface area contributed by atoms with Crippen LogP contribution in [0.4, 0.5) is 0 Å². The number of ether oxygens (including phenoxy) is 1. The molecule has 0 unspecified atom stereocenters. The standard InChI is InChI=1S/C17H25NO2/c1-12-4-8-15(9-5-12)18-17(19)14(3)20-16-10-6-13(2)7-11-16/h6-7,10-12,14-15H,4-5,8-9H2,1-3H3,(H,18,19)/t12?,14-,15?/m1/s1. The Morgan fingerprint density at radius 1 is 1.20 bits per heavy atom. The Kier molecular flexibility index (Phi) is 5.05. The van der Waals surface area contributed by atoms with E-state index >= 15 is 0 Å². The average molecular weight is 275 g/mol. The molecule has 1 fully saturated rings. The molecule has 0 spiro atoms. The van der Waals surface area contributed by atoms with E-state index < -0.39 is 6.10 Å². The van der Waals surface area contributed by atoms with Crippen LogP contribution in [0.2, 0.25) is 0 Å². The number of hydrogen-bond acceptors (Lipinski definition) is 2. The van der Waals surface area contributed by atoms with Gasteiger partial charge in [0.15, 0.2) is 6.10 Å². The Bertz CT molecular complexity index is 433. The van der Waals surface area contributed by atoms with Crippen molar-refractivity contribution in [3.8, 4) is 5.75 Å². The number of hydrogen-bond donors (Lipinski definition) is 1. The van der Waals surface area contributed by atoms with E-state index in [9.17, 15) is 4.79 Å². The summed E-state index contributed by atoms with van der Waals surface area (Å²) in [4.78, 5) is 12.1. The molecular weight excluding hydrogens is 250 g/mol. The third kappa shape index (κ3) is 4.26. The van der Waals surface area contributed by atoms with E-state index in [-0.39, 0.29) is 5.91 Å². The lowest BCUT2D eigenvalue weighted by atomic mass is 9.87. The molecule has 1 saturated carbocycles. The predicted octanol–water partition coefficient (Wildman–Crippen LogP) is 3.46. The molecule has 0 aliphatic heterocycles. The molecular formula is C17H25NO2. The highest BCUT2D eigenvalue weighted by atomic mass is 16.5. The highest BCUT2D eigenvalue weighted by Gasteiger charge is 2.22. The largest absolute Gasteiger partial charge is 0.481 e. The maximum atomic E-state index is 12.1. The molecule has 110 valence electrons. The predicted molar refractivity (Wildman–Crippen MR) is 80.8 cm³/mol. The van der Waals surface area contributed by atoms with Gasteiger partial charge >= 0.3 is 0 Å². The van der Waals surface area contributed by atoms with Crippen molar-refractivity contribution in [2.24, 2.45) is 5.92 Å². The van der Waals surface area contributed by atoms with Crippen LogP contribution in [-0.2, 0) is 4.79 Å². The van der Waals surface area contributed by atoms with Crippen LogP contribution in [0.1, 0.15) is 45.1 Å². The number of benzene rings is 1. The van der Waals surface area contributed by atoms with Crippen LogP contribution in [0.3, 0.4) is 0 Å². The Morgan fingerprint density at radius 3 is 2.40 bits per heavy atom. The first-order valence-corrected chi connectivity index (χ1v) is 7.58. The molecule has 3 heteroatoms. The number of nitrogens with one attached hydrogen (secondary N) is 1. The van der Waals surface area contributed by atoms with Gasteiger partial charge < -0.3 is 10.1 Å². The lowest BCUT2D eigenvalue weighted by Crippen LogP contribution is -2.43. The Morgan fingerprint density at radius 2 is 1.80 bits per heavy atom. The van der Waals surface area contributed by atoms with Crippen LogP contribution in [-0.4, -0.2) is 18.1 Å². The fraction of sp³-hybridized carbons (Fsp3) is 0.588. The molecule has 20 heavy (non-hydrogen) atoms. The second-order valence-corrected chi connectivity index (χ2v) is 6.04. The van der Waals surface area contributed by atoms with Crippen molar-refractivity contribution >= 4 is 5.91 Å². The number of aryl methyl sites for hydroxylation is 1. The maximum Gasteiger partial charge on any atom is 0.260 e. The van der Waals surface area contributed by atoms with Crippen LogP contribution in [0.5, 0.6) is 5.75 Å². The third-order valence-electron chi connectivity index (χ3n) is 4.07. The Labute approximate surface area is 121 Å². The molecule has 2 rings (SSSR count). The molecule has 0 heterocycles. The van der Waals surface area contributed by atoms with E-state index in [1.165, 1.54) is 18.4 Å². The molecule has 1 aromatic carbocycles. The van der Waals surface area contributed by atoms with Crippen molar-refractivity contribution in [3.05, 3.63) is 29.8 Å². The second kappa shape index (κ2) is 6.78. The first kappa shape index (κ1) is 14.9. The van der Waals surface area contributed by atoms with Gasteiger partial charge in [-0.3, -0.25) is 4.79 Å². The summed E-state index contributed by atoms with van der Waals surface area (Å²) in [6.07, 6.45) is 4.14. The highest BCUT2D eigenvalue weighted by Crippen LogP contribution is 2.23. The van der Waals surface area contributed by atoms with Gasteiger partial charge in [-0.05, 0) is 57.6 Å². The summed E-state index contributed by atoms with van der Waals surface area (Å²) in [5, 5.41) is 3.11. The summed E-state index contributed by atoms with van der Waals surface area (Å²) < 4.78 is 5.68. The van der Waals surface area contributed by atoms with Gasteiger partial charge in [-0.25, -0.2) is 0 Å². The first-order valence-electron chi connectivity index (χ1n) is 7.58. The van der Waals surface area contributed by atoms with Crippen LogP contribution < -0.4 is 10.1 Å². The lowest BCUT2D eigenvalue weighted by molar-refractivity contribution is -0.128. The SMILES string of the molecule is Cc1ccc(O[C@H](C)C(=O)NC2CCC(C)CC2)cc1. The second-order valence-electron chi connectivity index (χ2n) is 6.04. The number of amides is 1. The van der Waals surface area contributed by atoms with Gasteiger partial charge in [0, 0.05) is 6.04 Å². The highest BCUT2D eigenvalue weighted by molar-refractivity contribution is 5.81. The minimum atomic E-state index is -0.447. The van der Waals surface area contributed by atoms with Crippen molar-refractivity contribution in [2.75, 3.05) is 0 Å². The van der Waals surface area contributed by atoms with E-state index in [4.69, 9.17) is 4.74 Å². The van der Waals surface area contributed by atoms with Crippen molar-refractivity contribution in [1.82, 2.24) is 5.32 Å². The Hall–Kier alpha value is -1.51. The molecule has 3 nitrogen and oxygen atoms in total. The number of carbonyl (C=O) groups is 1. The van der Waals surface area contributed by atoms with E-state index in [0.29, 0.717) is 6.04 Å². The summed E-state index contributed by atoms with van der Waals surface area (Å²) >= 11 is 0. The van der Waals surface area contributed by atoms with Gasteiger partial charge in [0.1, 0.15) is 5.75 Å². The van der Waals surface area contributed by atoms with Gasteiger partial charge in [-0.1, -0.05) is 24.6 Å². The van der Waals surface area contributed by atoms with Gasteiger partial charge in [0.2, 0.25) is 0 Å². The fourth-order valence-electron chi connectivity index (χ4n) is 2.60. The zero-order valence-electron chi connectivity index (χ0n) is 12.7. The van der Waals surface area contributed by atoms with Crippen LogP contribution in [0.15, 0.2) is 24.3 Å². The molecule has 1 aliphatic rings. The van der Waals surface area contributed by atoms with E-state index in [1.54, 1.807) is 6.92 Å². The quantitative estimate of drug-likeness (QED) is 0.914. The van der Waals surface area contributed by atoms with Crippen LogP contribution in [0.25, 0.3) is 0 Å². The van der Waals surface area contributed by atoms with E-state index in [2.05, 4.69) is 12.2 Å². The minimum absolute atomic E-state index is 0.00914. The van der Waals surface area contributed by atoms with Gasteiger partial charge in [0.05, 0.1) is 0 Å². The first-order chi connectivity index (χ1) is 9.54. The fourth-order valence-corrected chi connectivity index (χ4v) is 2.60. The monoisotopic (exact) mass is 275 g/mol. The third-order valence-corrected chi connectivity index (χ3v) is 4.07. The van der Waals surface area contributed by atoms with Crippen molar-refractivity contribution in [3.63, 3.8) is 0 Å². The normalized spacial score (nSPS) is 23.9. The zero-order chi connectivity index (χ0) is 14.5. The zero-order valence-corrected chi connectivity index (χ0v) is 12.7. The molecule has 1 N–H and O–H groups in total. The molecule has 1 aromatic rings. The summed E-state index contributed by atoms with van der Waals surface area (Å²) in [6.45, 7) is 6.12. The van der Waals surface area contributed by atoms with Crippen LogP contribution >= 0.6 is 0 Å². The van der Waals surface area contributed by atoms with Crippen molar-refractivity contribution in [2.45, 2.75) is 58.6 Å². The van der Waals surface area contributed by atoms with Gasteiger partial charge in [0.25, 0.3) is 5.91 Å². The van der Waals surface area contributed by atoms with Gasteiger partial charge in [-0.15, -0.1) is 0 Å². The maximum absolute atomic E-state index is 12.1. The summed E-state index contributed by atoms with van der Waals surface area (Å²) in [6, 6.07) is 8.11. The van der Waals surface area contributed by atoms with Gasteiger partial charge in [-0.2, -0.15) is 0 Å². The minimum Gasteiger partial charge on any atom is -0.481 e. The molecule has 0 radical (unpaired) electrons. The van der Waals surface area contributed by atoms with Crippen molar-refractivity contribution < 1.29 is 9.53 Å². The molecule has 0 aromatic heterocycles. The van der Waals surface area contributed by atoms with Crippen LogP contribution in [0, 0.1) is 12.8 Å². The smallest absolute Gasteiger partial charge is 0.260 e. The number of carbonyl (C=O) groups excluding carboxylic acids is 1. The van der Waals surface area contributed by atoms with Crippen molar-refractivity contribution in [1.29, 1.82) is 0 Å². The van der Waals surface area contributed by atoms with E-state index in [1.807, 2.05) is 31.2 Å². The summed E-state index contributed by atoms with van der Waals surface area (Å²) in [5.41, 5.74) is 1.19. The van der Waals surface area contributed by atoms with E-state index in [0.717, 1.165) is 24.5 Å².